The van der Waals surface area contributed by atoms with E-state index in [2.05, 4.69) is 13.8 Å². The van der Waals surface area contributed by atoms with Crippen LogP contribution in [0, 0.1) is 5.41 Å². The highest BCUT2D eigenvalue weighted by Gasteiger charge is 2.37. The second kappa shape index (κ2) is 5.73. The van der Waals surface area contributed by atoms with Crippen LogP contribution >= 0.6 is 0 Å². The van der Waals surface area contributed by atoms with Crippen LogP contribution in [0.5, 0.6) is 5.75 Å². The molecule has 0 radical (unpaired) electrons. The lowest BCUT2D eigenvalue weighted by Gasteiger charge is -2.26. The first-order valence-corrected chi connectivity index (χ1v) is 7.27. The van der Waals surface area contributed by atoms with E-state index < -0.39 is 0 Å². The fourth-order valence-electron chi connectivity index (χ4n) is 2.98. The Hall–Kier alpha value is -1.71. The van der Waals surface area contributed by atoms with Gasteiger partial charge in [-0.25, -0.2) is 0 Å². The molecule has 0 aromatic heterocycles. The minimum atomic E-state index is 0.0550. The van der Waals surface area contributed by atoms with Gasteiger partial charge in [-0.05, 0) is 36.8 Å². The number of carbonyl (C=O) groups excluding carboxylic acids is 1. The molecule has 1 aromatic carbocycles. The van der Waals surface area contributed by atoms with E-state index in [0.29, 0.717) is 22.4 Å². The molecule has 110 valence electrons. The molecule has 0 saturated carbocycles. The maximum atomic E-state index is 12.6. The molecule has 1 heterocycles. The monoisotopic (exact) mass is 276 g/mol. The van der Waals surface area contributed by atoms with Crippen LogP contribution in [-0.2, 0) is 0 Å². The Kier molecular flexibility index (Phi) is 4.21. The minimum absolute atomic E-state index is 0.0550. The number of carbonyl (C=O) groups is 1. The Morgan fingerprint density at radius 3 is 2.60 bits per heavy atom. The second-order valence-electron chi connectivity index (χ2n) is 5.68. The number of nitrogens with two attached hydrogens (primary N) is 1. The first-order chi connectivity index (χ1) is 9.53. The van der Waals surface area contributed by atoms with Crippen molar-refractivity contribution < 1.29 is 9.53 Å². The van der Waals surface area contributed by atoms with Crippen molar-refractivity contribution in [3.63, 3.8) is 0 Å². The van der Waals surface area contributed by atoms with E-state index in [-0.39, 0.29) is 5.91 Å². The largest absolute Gasteiger partial charge is 0.497 e. The van der Waals surface area contributed by atoms with Gasteiger partial charge in [0.1, 0.15) is 5.75 Å². The van der Waals surface area contributed by atoms with Gasteiger partial charge in [0.25, 0.3) is 5.91 Å². The summed E-state index contributed by atoms with van der Waals surface area (Å²) >= 11 is 0. The number of ether oxygens (including phenoxy) is 1. The zero-order valence-electron chi connectivity index (χ0n) is 12.6. The summed E-state index contributed by atoms with van der Waals surface area (Å²) in [5.74, 6) is 0.684. The number of likely N-dealkylation sites (tertiary alicyclic amines) is 1. The topological polar surface area (TPSA) is 55.6 Å². The van der Waals surface area contributed by atoms with Gasteiger partial charge in [-0.15, -0.1) is 0 Å². The number of hydrogen-bond donors (Lipinski definition) is 1. The van der Waals surface area contributed by atoms with Crippen molar-refractivity contribution in [2.45, 2.75) is 33.1 Å². The Morgan fingerprint density at radius 2 is 2.05 bits per heavy atom. The van der Waals surface area contributed by atoms with Crippen molar-refractivity contribution in [1.29, 1.82) is 0 Å². The molecule has 0 atom stereocenters. The van der Waals surface area contributed by atoms with Crippen LogP contribution in [0.15, 0.2) is 18.2 Å². The number of nitrogens with zero attached hydrogens (tertiary/aromatic N) is 1. The first-order valence-electron chi connectivity index (χ1n) is 7.27. The molecule has 0 unspecified atom stereocenters. The quantitative estimate of drug-likeness (QED) is 0.860. The molecule has 0 spiro atoms. The Balaban J connectivity index is 2.19. The van der Waals surface area contributed by atoms with E-state index in [9.17, 15) is 4.79 Å². The average Bonchev–Trinajstić information content (AvgIpc) is 2.91. The van der Waals surface area contributed by atoms with Gasteiger partial charge < -0.3 is 15.4 Å². The molecule has 1 saturated heterocycles. The molecule has 2 N–H and O–H groups in total. The van der Waals surface area contributed by atoms with Crippen LogP contribution in [-0.4, -0.2) is 31.0 Å². The summed E-state index contributed by atoms with van der Waals surface area (Å²) in [7, 11) is 1.58. The van der Waals surface area contributed by atoms with Gasteiger partial charge in [-0.3, -0.25) is 4.79 Å². The lowest BCUT2D eigenvalue weighted by atomic mass is 9.82. The van der Waals surface area contributed by atoms with Crippen molar-refractivity contribution in [3.05, 3.63) is 23.8 Å². The smallest absolute Gasteiger partial charge is 0.254 e. The summed E-state index contributed by atoms with van der Waals surface area (Å²) < 4.78 is 5.18. The number of hydrogen-bond acceptors (Lipinski definition) is 3. The number of methoxy groups -OCH3 is 1. The summed E-state index contributed by atoms with van der Waals surface area (Å²) in [4.78, 5) is 14.5. The third-order valence-electron chi connectivity index (χ3n) is 4.64. The molecule has 1 fully saturated rings. The Morgan fingerprint density at radius 1 is 1.35 bits per heavy atom. The number of nitrogen functional groups attached to an aromatic ring is 1. The molecular formula is C16H24N2O2. The predicted molar refractivity (Wildman–Crippen MR) is 80.9 cm³/mol. The molecule has 1 aliphatic heterocycles. The highest BCUT2D eigenvalue weighted by atomic mass is 16.5. The molecule has 1 amide bonds. The minimum Gasteiger partial charge on any atom is -0.497 e. The third-order valence-corrected chi connectivity index (χ3v) is 4.64. The summed E-state index contributed by atoms with van der Waals surface area (Å²) in [5, 5.41) is 0. The van der Waals surface area contributed by atoms with Crippen LogP contribution < -0.4 is 10.5 Å². The molecule has 2 rings (SSSR count). The number of amides is 1. The molecular weight excluding hydrogens is 252 g/mol. The summed E-state index contributed by atoms with van der Waals surface area (Å²) in [5.41, 5.74) is 7.29. The van der Waals surface area contributed by atoms with Gasteiger partial charge in [0.05, 0.1) is 7.11 Å². The molecule has 0 aliphatic carbocycles. The molecule has 1 aliphatic rings. The first kappa shape index (κ1) is 14.7. The lowest BCUT2D eigenvalue weighted by molar-refractivity contribution is 0.0769. The van der Waals surface area contributed by atoms with Gasteiger partial charge in [-0.1, -0.05) is 13.8 Å². The highest BCUT2D eigenvalue weighted by molar-refractivity contribution is 5.95. The zero-order valence-corrected chi connectivity index (χ0v) is 12.6. The normalized spacial score (nSPS) is 17.2. The van der Waals surface area contributed by atoms with Crippen LogP contribution in [0.25, 0.3) is 0 Å². The van der Waals surface area contributed by atoms with Gasteiger partial charge in [0.2, 0.25) is 0 Å². The summed E-state index contributed by atoms with van der Waals surface area (Å²) in [6, 6.07) is 5.21. The maximum Gasteiger partial charge on any atom is 0.254 e. The highest BCUT2D eigenvalue weighted by Crippen LogP contribution is 2.37. The van der Waals surface area contributed by atoms with Crippen molar-refractivity contribution in [3.8, 4) is 5.75 Å². The van der Waals surface area contributed by atoms with Gasteiger partial charge in [-0.2, -0.15) is 0 Å². The van der Waals surface area contributed by atoms with Crippen molar-refractivity contribution in [2.24, 2.45) is 5.41 Å². The average molecular weight is 276 g/mol. The van der Waals surface area contributed by atoms with E-state index >= 15 is 0 Å². The summed E-state index contributed by atoms with van der Waals surface area (Å²) in [6.45, 7) is 6.09. The van der Waals surface area contributed by atoms with Gasteiger partial charge in [0, 0.05) is 30.4 Å². The van der Waals surface area contributed by atoms with Crippen molar-refractivity contribution >= 4 is 11.6 Å². The zero-order chi connectivity index (χ0) is 14.8. The molecule has 4 nitrogen and oxygen atoms in total. The molecule has 1 aromatic rings. The van der Waals surface area contributed by atoms with Crippen molar-refractivity contribution in [2.75, 3.05) is 25.9 Å². The fourth-order valence-corrected chi connectivity index (χ4v) is 2.98. The molecule has 20 heavy (non-hydrogen) atoms. The molecule has 0 bridgehead atoms. The van der Waals surface area contributed by atoms with E-state index in [1.165, 1.54) is 0 Å². The summed E-state index contributed by atoms with van der Waals surface area (Å²) in [6.07, 6.45) is 3.33. The predicted octanol–water partition coefficient (Wildman–Crippen LogP) is 2.93. The second-order valence-corrected chi connectivity index (χ2v) is 5.68. The van der Waals surface area contributed by atoms with Crippen LogP contribution in [0.3, 0.4) is 0 Å². The SMILES string of the molecule is CCC1(CC)CCN(C(=O)c2cc(N)cc(OC)c2)C1. The van der Waals surface area contributed by atoms with E-state index in [1.807, 2.05) is 4.90 Å². The fraction of sp³-hybridized carbons (Fsp3) is 0.562. The van der Waals surface area contributed by atoms with Crippen LogP contribution in [0.1, 0.15) is 43.5 Å². The van der Waals surface area contributed by atoms with Crippen LogP contribution in [0.2, 0.25) is 0 Å². The Labute approximate surface area is 120 Å². The lowest BCUT2D eigenvalue weighted by Crippen LogP contribution is -2.31. The van der Waals surface area contributed by atoms with Crippen molar-refractivity contribution in [1.82, 2.24) is 4.90 Å². The molecule has 4 heteroatoms. The number of anilines is 1. The van der Waals surface area contributed by atoms with Crippen LogP contribution in [0.4, 0.5) is 5.69 Å². The maximum absolute atomic E-state index is 12.6. The van der Waals surface area contributed by atoms with E-state index in [4.69, 9.17) is 10.5 Å². The number of rotatable bonds is 4. The van der Waals surface area contributed by atoms with E-state index in [1.54, 1.807) is 25.3 Å². The Bertz CT molecular complexity index is 495. The van der Waals surface area contributed by atoms with Gasteiger partial charge >= 0.3 is 0 Å². The standard InChI is InChI=1S/C16H24N2O2/c1-4-16(5-2)6-7-18(11-16)15(19)12-8-13(17)10-14(9-12)20-3/h8-10H,4-7,11,17H2,1-3H3. The number of benzene rings is 1. The van der Waals surface area contributed by atoms with Gasteiger partial charge in [0.15, 0.2) is 0 Å². The van der Waals surface area contributed by atoms with E-state index in [0.717, 1.165) is 32.4 Å². The third kappa shape index (κ3) is 2.74.